The van der Waals surface area contributed by atoms with E-state index in [1.54, 1.807) is 0 Å². The normalized spacial score (nSPS) is 14.7. The van der Waals surface area contributed by atoms with Gasteiger partial charge in [0.15, 0.2) is 0 Å². The summed E-state index contributed by atoms with van der Waals surface area (Å²) in [4.78, 5) is 15.1. The summed E-state index contributed by atoms with van der Waals surface area (Å²) in [6, 6.07) is 17.3. The van der Waals surface area contributed by atoms with Crippen molar-refractivity contribution in [2.75, 3.05) is 19.7 Å². The van der Waals surface area contributed by atoms with Crippen LogP contribution in [0.5, 0.6) is 5.75 Å². The molecule has 1 aliphatic heterocycles. The van der Waals surface area contributed by atoms with Crippen molar-refractivity contribution >= 4 is 17.7 Å². The van der Waals surface area contributed by atoms with Crippen LogP contribution in [0, 0.1) is 0 Å². The van der Waals surface area contributed by atoms with Gasteiger partial charge in [-0.05, 0) is 61.4 Å². The molecule has 0 N–H and O–H groups in total. The van der Waals surface area contributed by atoms with Gasteiger partial charge in [-0.15, -0.1) is 10.2 Å². The van der Waals surface area contributed by atoms with E-state index in [2.05, 4.69) is 10.2 Å². The molecule has 2 heterocycles. The number of carbonyl (C=O) groups excluding carboxylic acids is 1. The van der Waals surface area contributed by atoms with E-state index in [-0.39, 0.29) is 5.91 Å². The van der Waals surface area contributed by atoms with Crippen LogP contribution in [-0.4, -0.2) is 40.7 Å². The molecule has 3 aromatic rings. The van der Waals surface area contributed by atoms with Crippen molar-refractivity contribution in [1.29, 1.82) is 0 Å². The van der Waals surface area contributed by atoms with Gasteiger partial charge in [-0.3, -0.25) is 4.79 Å². The summed E-state index contributed by atoms with van der Waals surface area (Å²) in [5, 5.41) is 8.32. The minimum Gasteiger partial charge on any atom is -0.494 e. The number of carbonyl (C=O) groups is 1. The van der Waals surface area contributed by atoms with Crippen LogP contribution in [0.15, 0.2) is 64.2 Å². The van der Waals surface area contributed by atoms with Crippen molar-refractivity contribution in [2.24, 2.45) is 0 Å². The third-order valence-corrected chi connectivity index (χ3v) is 5.86. The first-order valence-corrected chi connectivity index (χ1v) is 10.7. The third-order valence-electron chi connectivity index (χ3n) is 4.78. The first kappa shape index (κ1) is 19.5. The maximum absolute atomic E-state index is 13.1. The zero-order valence-electron chi connectivity index (χ0n) is 16.3. The molecule has 7 heteroatoms. The fourth-order valence-electron chi connectivity index (χ4n) is 3.33. The minimum atomic E-state index is -0.400. The highest BCUT2D eigenvalue weighted by Crippen LogP contribution is 2.37. The molecule has 1 atom stereocenters. The van der Waals surface area contributed by atoms with E-state index in [1.165, 1.54) is 11.8 Å². The van der Waals surface area contributed by atoms with Gasteiger partial charge in [-0.1, -0.05) is 30.3 Å². The summed E-state index contributed by atoms with van der Waals surface area (Å²) < 4.78 is 11.3. The van der Waals surface area contributed by atoms with Gasteiger partial charge in [0.2, 0.25) is 11.8 Å². The first-order valence-electron chi connectivity index (χ1n) is 9.81. The second-order valence-electron chi connectivity index (χ2n) is 6.77. The lowest BCUT2D eigenvalue weighted by atomic mass is 10.1. The van der Waals surface area contributed by atoms with Crippen LogP contribution in [0.3, 0.4) is 0 Å². The Morgan fingerprint density at radius 2 is 1.83 bits per heavy atom. The first-order chi connectivity index (χ1) is 14.2. The van der Waals surface area contributed by atoms with Crippen molar-refractivity contribution < 1.29 is 13.9 Å². The molecular weight excluding hydrogens is 386 g/mol. The quantitative estimate of drug-likeness (QED) is 0.532. The van der Waals surface area contributed by atoms with Crippen LogP contribution < -0.4 is 4.74 Å². The molecule has 1 fully saturated rings. The fraction of sp³-hybridized carbons (Fsp3) is 0.318. The minimum absolute atomic E-state index is 0.0968. The summed E-state index contributed by atoms with van der Waals surface area (Å²) >= 11 is 1.31. The van der Waals surface area contributed by atoms with Crippen LogP contribution >= 0.6 is 11.8 Å². The van der Waals surface area contributed by atoms with Gasteiger partial charge in [0.05, 0.1) is 6.61 Å². The number of likely N-dealkylation sites (tertiary alicyclic amines) is 1. The molecule has 0 saturated carbocycles. The molecule has 1 unspecified atom stereocenters. The van der Waals surface area contributed by atoms with Crippen LogP contribution in [-0.2, 0) is 4.79 Å². The Bertz CT molecular complexity index is 937. The molecule has 6 nitrogen and oxygen atoms in total. The Labute approximate surface area is 174 Å². The number of hydrogen-bond acceptors (Lipinski definition) is 6. The summed E-state index contributed by atoms with van der Waals surface area (Å²) in [5.41, 5.74) is 1.75. The lowest BCUT2D eigenvalue weighted by Gasteiger charge is -2.22. The van der Waals surface area contributed by atoms with E-state index in [9.17, 15) is 4.79 Å². The van der Waals surface area contributed by atoms with Crippen molar-refractivity contribution in [3.8, 4) is 17.2 Å². The van der Waals surface area contributed by atoms with E-state index in [0.717, 1.165) is 42.8 Å². The van der Waals surface area contributed by atoms with Crippen LogP contribution in [0.2, 0.25) is 0 Å². The number of benzene rings is 2. The molecule has 4 rings (SSSR count). The third kappa shape index (κ3) is 4.62. The molecule has 0 bridgehead atoms. The Hall–Kier alpha value is -2.80. The van der Waals surface area contributed by atoms with Crippen molar-refractivity contribution in [3.63, 3.8) is 0 Å². The SMILES string of the molecule is CCOc1ccc(-c2nnc(SC(C(=O)N3CCCC3)c3ccccc3)o2)cc1. The van der Waals surface area contributed by atoms with Gasteiger partial charge in [0.1, 0.15) is 11.0 Å². The van der Waals surface area contributed by atoms with Crippen molar-refractivity contribution in [1.82, 2.24) is 15.1 Å². The predicted octanol–water partition coefficient (Wildman–Crippen LogP) is 4.59. The average Bonchev–Trinajstić information content (AvgIpc) is 3.45. The topological polar surface area (TPSA) is 68.5 Å². The number of thioether (sulfide) groups is 1. The predicted molar refractivity (Wildman–Crippen MR) is 112 cm³/mol. The van der Waals surface area contributed by atoms with Crippen LogP contribution in [0.25, 0.3) is 11.5 Å². The van der Waals surface area contributed by atoms with E-state index >= 15 is 0 Å². The summed E-state index contributed by atoms with van der Waals surface area (Å²) in [5.74, 6) is 1.32. The number of hydrogen-bond donors (Lipinski definition) is 0. The highest BCUT2D eigenvalue weighted by molar-refractivity contribution is 8.00. The molecule has 1 saturated heterocycles. The Kier molecular flexibility index (Phi) is 6.14. The molecule has 0 aliphatic carbocycles. The highest BCUT2D eigenvalue weighted by Gasteiger charge is 2.30. The van der Waals surface area contributed by atoms with Gasteiger partial charge < -0.3 is 14.1 Å². The summed E-state index contributed by atoms with van der Waals surface area (Å²) in [6.45, 7) is 4.18. The molecule has 1 aliphatic rings. The second kappa shape index (κ2) is 9.13. The zero-order chi connectivity index (χ0) is 20.1. The van der Waals surface area contributed by atoms with E-state index in [4.69, 9.17) is 9.15 Å². The average molecular weight is 410 g/mol. The van der Waals surface area contributed by atoms with Gasteiger partial charge >= 0.3 is 0 Å². The standard InChI is InChI=1S/C22H23N3O3S/c1-2-27-18-12-10-17(11-13-18)20-23-24-22(28-20)29-19(16-8-4-3-5-9-16)21(26)25-14-6-7-15-25/h3-5,8-13,19H,2,6-7,14-15H2,1H3. The van der Waals surface area contributed by atoms with Crippen LogP contribution in [0.1, 0.15) is 30.6 Å². The monoisotopic (exact) mass is 409 g/mol. The number of ether oxygens (including phenoxy) is 1. The van der Waals surface area contributed by atoms with Crippen LogP contribution in [0.4, 0.5) is 0 Å². The molecule has 2 aromatic carbocycles. The largest absolute Gasteiger partial charge is 0.494 e. The Morgan fingerprint density at radius 1 is 1.10 bits per heavy atom. The van der Waals surface area contributed by atoms with E-state index < -0.39 is 5.25 Å². The summed E-state index contributed by atoms with van der Waals surface area (Å²) in [6.07, 6.45) is 2.11. The van der Waals surface area contributed by atoms with Gasteiger partial charge in [0, 0.05) is 18.7 Å². The molecule has 0 spiro atoms. The van der Waals surface area contributed by atoms with Gasteiger partial charge in [-0.25, -0.2) is 0 Å². The summed E-state index contributed by atoms with van der Waals surface area (Å²) in [7, 11) is 0. The fourth-order valence-corrected chi connectivity index (χ4v) is 4.29. The molecular formula is C22H23N3O3S. The lowest BCUT2D eigenvalue weighted by Crippen LogP contribution is -2.31. The maximum atomic E-state index is 13.1. The Balaban J connectivity index is 1.54. The smallest absolute Gasteiger partial charge is 0.277 e. The molecule has 29 heavy (non-hydrogen) atoms. The number of nitrogens with zero attached hydrogens (tertiary/aromatic N) is 3. The molecule has 1 amide bonds. The number of rotatable bonds is 7. The van der Waals surface area contributed by atoms with E-state index in [0.29, 0.717) is 17.7 Å². The Morgan fingerprint density at radius 3 is 2.52 bits per heavy atom. The van der Waals surface area contributed by atoms with E-state index in [1.807, 2.05) is 66.4 Å². The highest BCUT2D eigenvalue weighted by atomic mass is 32.2. The lowest BCUT2D eigenvalue weighted by molar-refractivity contribution is -0.129. The maximum Gasteiger partial charge on any atom is 0.277 e. The second-order valence-corrected chi connectivity index (χ2v) is 7.83. The number of aromatic nitrogens is 2. The van der Waals surface area contributed by atoms with Gasteiger partial charge in [0.25, 0.3) is 5.22 Å². The zero-order valence-corrected chi connectivity index (χ0v) is 17.1. The molecule has 1 aromatic heterocycles. The number of amides is 1. The molecule has 0 radical (unpaired) electrons. The molecule has 150 valence electrons. The van der Waals surface area contributed by atoms with Crippen molar-refractivity contribution in [2.45, 2.75) is 30.2 Å². The van der Waals surface area contributed by atoms with Crippen molar-refractivity contribution in [3.05, 3.63) is 60.2 Å². The van der Waals surface area contributed by atoms with Gasteiger partial charge in [-0.2, -0.15) is 0 Å².